The summed E-state index contributed by atoms with van der Waals surface area (Å²) in [6, 6.07) is 4.91. The highest BCUT2D eigenvalue weighted by atomic mass is 19.1. The summed E-state index contributed by atoms with van der Waals surface area (Å²) in [5.41, 5.74) is 11.0. The van der Waals surface area contributed by atoms with Crippen LogP contribution in [0.15, 0.2) is 48.6 Å². The number of nitrogen functional groups attached to an aromatic ring is 1. The van der Waals surface area contributed by atoms with Crippen LogP contribution < -0.4 is 5.73 Å². The second kappa shape index (κ2) is 9.36. The Morgan fingerprint density at radius 3 is 2.67 bits per heavy atom. The SMILES string of the molecule is C=C(C)/C=C\C=C(/CC)c1nc(C)n(CCCC)c1-c1ccc(F)c(N)c1. The van der Waals surface area contributed by atoms with E-state index in [1.807, 2.05) is 26.0 Å². The molecule has 0 saturated carbocycles. The summed E-state index contributed by atoms with van der Waals surface area (Å²) in [5.74, 6) is 0.562. The number of nitrogens with two attached hydrogens (primary N) is 1. The second-order valence-electron chi connectivity index (χ2n) is 6.85. The number of imidazole rings is 1. The van der Waals surface area contributed by atoms with Gasteiger partial charge in [0, 0.05) is 12.1 Å². The topological polar surface area (TPSA) is 43.8 Å². The molecule has 2 N–H and O–H groups in total. The highest BCUT2D eigenvalue weighted by Gasteiger charge is 2.19. The average molecular weight is 368 g/mol. The van der Waals surface area contributed by atoms with Crippen LogP contribution in [0.4, 0.5) is 10.1 Å². The minimum absolute atomic E-state index is 0.156. The van der Waals surface area contributed by atoms with Crippen molar-refractivity contribution in [1.29, 1.82) is 0 Å². The molecule has 0 bridgehead atoms. The number of halogens is 1. The monoisotopic (exact) mass is 367 g/mol. The molecular weight excluding hydrogens is 337 g/mol. The largest absolute Gasteiger partial charge is 0.396 e. The minimum Gasteiger partial charge on any atom is -0.396 e. The zero-order valence-corrected chi connectivity index (χ0v) is 16.8. The third-order valence-corrected chi connectivity index (χ3v) is 4.53. The Labute approximate surface area is 162 Å². The lowest BCUT2D eigenvalue weighted by molar-refractivity contribution is 0.620. The number of allylic oxidation sites excluding steroid dienone is 5. The Morgan fingerprint density at radius 2 is 2.07 bits per heavy atom. The first-order chi connectivity index (χ1) is 12.9. The summed E-state index contributed by atoms with van der Waals surface area (Å²) >= 11 is 0. The van der Waals surface area contributed by atoms with Crippen LogP contribution in [-0.2, 0) is 6.54 Å². The van der Waals surface area contributed by atoms with Gasteiger partial charge in [-0.1, -0.05) is 50.6 Å². The Hall–Kier alpha value is -2.62. The summed E-state index contributed by atoms with van der Waals surface area (Å²) in [6.45, 7) is 13.0. The van der Waals surface area contributed by atoms with Crippen LogP contribution in [0.5, 0.6) is 0 Å². The number of anilines is 1. The molecule has 1 aromatic heterocycles. The Bertz CT molecular complexity index is 872. The number of benzene rings is 1. The third kappa shape index (κ3) is 4.97. The first kappa shape index (κ1) is 20.7. The fraction of sp³-hybridized carbons (Fsp3) is 0.348. The van der Waals surface area contributed by atoms with E-state index in [0.717, 1.165) is 59.7 Å². The lowest BCUT2D eigenvalue weighted by Gasteiger charge is -2.13. The fourth-order valence-electron chi connectivity index (χ4n) is 3.05. The van der Waals surface area contributed by atoms with Crippen molar-refractivity contribution < 1.29 is 4.39 Å². The van der Waals surface area contributed by atoms with Gasteiger partial charge in [0.1, 0.15) is 11.6 Å². The molecule has 144 valence electrons. The molecule has 0 aliphatic rings. The number of rotatable bonds is 8. The van der Waals surface area contributed by atoms with E-state index in [-0.39, 0.29) is 5.69 Å². The van der Waals surface area contributed by atoms with Gasteiger partial charge in [0.25, 0.3) is 0 Å². The van der Waals surface area contributed by atoms with E-state index in [0.29, 0.717) is 0 Å². The molecule has 0 aliphatic heterocycles. The molecule has 3 nitrogen and oxygen atoms in total. The van der Waals surface area contributed by atoms with Crippen LogP contribution in [0.3, 0.4) is 0 Å². The molecule has 0 radical (unpaired) electrons. The van der Waals surface area contributed by atoms with Gasteiger partial charge in [-0.25, -0.2) is 9.37 Å². The lowest BCUT2D eigenvalue weighted by Crippen LogP contribution is -2.04. The Balaban J connectivity index is 2.66. The van der Waals surface area contributed by atoms with Gasteiger partial charge in [-0.3, -0.25) is 0 Å². The Kier molecular flexibility index (Phi) is 7.17. The van der Waals surface area contributed by atoms with E-state index in [9.17, 15) is 4.39 Å². The molecule has 1 heterocycles. The number of hydrogen-bond acceptors (Lipinski definition) is 2. The lowest BCUT2D eigenvalue weighted by atomic mass is 10.0. The van der Waals surface area contributed by atoms with Crippen LogP contribution in [-0.4, -0.2) is 9.55 Å². The summed E-state index contributed by atoms with van der Waals surface area (Å²) < 4.78 is 15.9. The predicted octanol–water partition coefficient (Wildman–Crippen LogP) is 6.31. The number of aromatic nitrogens is 2. The van der Waals surface area contributed by atoms with Gasteiger partial charge in [0.2, 0.25) is 0 Å². The van der Waals surface area contributed by atoms with Crippen LogP contribution in [0, 0.1) is 12.7 Å². The zero-order valence-electron chi connectivity index (χ0n) is 16.8. The van der Waals surface area contributed by atoms with Crippen molar-refractivity contribution in [3.05, 3.63) is 65.9 Å². The van der Waals surface area contributed by atoms with Crippen LogP contribution in [0.1, 0.15) is 51.6 Å². The van der Waals surface area contributed by atoms with Crippen LogP contribution in [0.2, 0.25) is 0 Å². The second-order valence-corrected chi connectivity index (χ2v) is 6.85. The first-order valence-electron chi connectivity index (χ1n) is 9.54. The molecule has 4 heteroatoms. The molecule has 0 atom stereocenters. The van der Waals surface area contributed by atoms with Crippen molar-refractivity contribution >= 4 is 11.3 Å². The fourth-order valence-corrected chi connectivity index (χ4v) is 3.05. The molecule has 2 aromatic rings. The maximum Gasteiger partial charge on any atom is 0.146 e. The minimum atomic E-state index is -0.396. The summed E-state index contributed by atoms with van der Waals surface area (Å²) in [6.07, 6.45) is 9.05. The smallest absolute Gasteiger partial charge is 0.146 e. The van der Waals surface area contributed by atoms with E-state index >= 15 is 0 Å². The standard InChI is InChI=1S/C23H30FN3/c1-6-8-14-27-17(5)26-22(18(7-2)11-9-10-16(3)4)23(27)19-12-13-20(24)21(25)15-19/h9-13,15H,3,6-8,14,25H2,1-2,4-5H3/b10-9-,18-11+. The van der Waals surface area contributed by atoms with E-state index in [1.54, 1.807) is 12.1 Å². The van der Waals surface area contributed by atoms with Gasteiger partial charge in [-0.15, -0.1) is 0 Å². The van der Waals surface area contributed by atoms with Crippen molar-refractivity contribution in [3.63, 3.8) is 0 Å². The number of hydrogen-bond donors (Lipinski definition) is 1. The van der Waals surface area contributed by atoms with Gasteiger partial charge < -0.3 is 10.3 Å². The molecule has 0 amide bonds. The van der Waals surface area contributed by atoms with Crippen LogP contribution in [0.25, 0.3) is 16.8 Å². The van der Waals surface area contributed by atoms with Crippen molar-refractivity contribution in [2.45, 2.75) is 53.5 Å². The molecule has 0 fully saturated rings. The number of nitrogens with zero attached hydrogens (tertiary/aromatic N) is 2. The van der Waals surface area contributed by atoms with E-state index < -0.39 is 5.82 Å². The van der Waals surface area contributed by atoms with Gasteiger partial charge in [-0.05, 0) is 50.5 Å². The molecule has 0 spiro atoms. The Morgan fingerprint density at radius 1 is 1.33 bits per heavy atom. The number of unbranched alkanes of at least 4 members (excludes halogenated alkanes) is 1. The number of aryl methyl sites for hydroxylation is 1. The molecule has 0 saturated heterocycles. The molecule has 0 aliphatic carbocycles. The first-order valence-corrected chi connectivity index (χ1v) is 9.54. The van der Waals surface area contributed by atoms with Gasteiger partial charge in [0.05, 0.1) is 17.1 Å². The van der Waals surface area contributed by atoms with E-state index in [1.165, 1.54) is 6.07 Å². The molecule has 1 aromatic carbocycles. The maximum atomic E-state index is 13.7. The van der Waals surface area contributed by atoms with E-state index in [2.05, 4.69) is 31.1 Å². The summed E-state index contributed by atoms with van der Waals surface area (Å²) in [4.78, 5) is 4.86. The average Bonchev–Trinajstić information content (AvgIpc) is 2.95. The van der Waals surface area contributed by atoms with Crippen molar-refractivity contribution in [3.8, 4) is 11.3 Å². The van der Waals surface area contributed by atoms with Gasteiger partial charge in [0.15, 0.2) is 0 Å². The molecular formula is C23H30FN3. The van der Waals surface area contributed by atoms with Gasteiger partial charge >= 0.3 is 0 Å². The van der Waals surface area contributed by atoms with Crippen molar-refractivity contribution in [1.82, 2.24) is 9.55 Å². The zero-order chi connectivity index (χ0) is 20.0. The third-order valence-electron chi connectivity index (χ3n) is 4.53. The summed E-state index contributed by atoms with van der Waals surface area (Å²) in [7, 11) is 0. The predicted molar refractivity (Wildman–Crippen MR) is 114 cm³/mol. The highest BCUT2D eigenvalue weighted by molar-refractivity contribution is 5.79. The quantitative estimate of drug-likeness (QED) is 0.439. The maximum absolute atomic E-state index is 13.7. The van der Waals surface area contributed by atoms with E-state index in [4.69, 9.17) is 10.7 Å². The van der Waals surface area contributed by atoms with Gasteiger partial charge in [-0.2, -0.15) is 0 Å². The molecule has 0 unspecified atom stereocenters. The van der Waals surface area contributed by atoms with Crippen molar-refractivity contribution in [2.75, 3.05) is 5.73 Å². The normalized spacial score (nSPS) is 12.1. The van der Waals surface area contributed by atoms with Crippen molar-refractivity contribution in [2.24, 2.45) is 0 Å². The summed E-state index contributed by atoms with van der Waals surface area (Å²) in [5, 5.41) is 0. The van der Waals surface area contributed by atoms with Crippen LogP contribution >= 0.6 is 0 Å². The molecule has 2 rings (SSSR count). The highest BCUT2D eigenvalue weighted by Crippen LogP contribution is 2.33. The molecule has 27 heavy (non-hydrogen) atoms.